The second-order valence-electron chi connectivity index (χ2n) is 8.07. The molecule has 0 aromatic heterocycles. The molecule has 28 heavy (non-hydrogen) atoms. The zero-order chi connectivity index (χ0) is 20.9. The summed E-state index contributed by atoms with van der Waals surface area (Å²) in [6.45, 7) is 8.25. The van der Waals surface area contributed by atoms with Crippen molar-refractivity contribution >= 4 is 11.9 Å². The summed E-state index contributed by atoms with van der Waals surface area (Å²) in [6, 6.07) is 6.39. The Kier molecular flexibility index (Phi) is 7.14. The number of rotatable bonds is 6. The molecule has 8 heteroatoms. The van der Waals surface area contributed by atoms with Crippen LogP contribution in [0.1, 0.15) is 32.8 Å². The summed E-state index contributed by atoms with van der Waals surface area (Å²) in [5, 5.41) is 0. The van der Waals surface area contributed by atoms with Crippen molar-refractivity contribution in [1.82, 2.24) is 9.80 Å². The lowest BCUT2D eigenvalue weighted by atomic mass is 10.0. The minimum Gasteiger partial charge on any atom is -0.467 e. The molecule has 1 aliphatic rings. The number of hydrogen-bond donors (Lipinski definition) is 1. The molecule has 1 fully saturated rings. The van der Waals surface area contributed by atoms with Gasteiger partial charge in [-0.3, -0.25) is 14.6 Å². The van der Waals surface area contributed by atoms with Gasteiger partial charge in [0.05, 0.1) is 13.5 Å². The second kappa shape index (κ2) is 8.98. The van der Waals surface area contributed by atoms with Gasteiger partial charge in [-0.25, -0.2) is 9.18 Å². The van der Waals surface area contributed by atoms with Crippen LogP contribution < -0.4 is 5.73 Å². The molecular formula is C20H30FN3O4. The molecule has 1 unspecified atom stereocenters. The fourth-order valence-corrected chi connectivity index (χ4v) is 3.24. The van der Waals surface area contributed by atoms with Crippen LogP contribution in [0.3, 0.4) is 0 Å². The summed E-state index contributed by atoms with van der Waals surface area (Å²) < 4.78 is 23.3. The summed E-state index contributed by atoms with van der Waals surface area (Å²) in [7, 11) is 1.25. The van der Waals surface area contributed by atoms with Crippen LogP contribution in [0.5, 0.6) is 0 Å². The number of halogens is 1. The first-order valence-electron chi connectivity index (χ1n) is 9.34. The van der Waals surface area contributed by atoms with Crippen molar-refractivity contribution < 1.29 is 23.5 Å². The highest BCUT2D eigenvalue weighted by Gasteiger charge is 2.45. The molecule has 1 aliphatic heterocycles. The Morgan fingerprint density at radius 1 is 1.11 bits per heavy atom. The fraction of sp³-hybridized carbons (Fsp3) is 0.600. The Bertz CT molecular complexity index is 682. The molecule has 1 aromatic rings. The molecule has 0 spiro atoms. The highest BCUT2D eigenvalue weighted by Crippen LogP contribution is 2.21. The van der Waals surface area contributed by atoms with Gasteiger partial charge < -0.3 is 15.2 Å². The third kappa shape index (κ3) is 5.98. The van der Waals surface area contributed by atoms with Crippen LogP contribution in [0.4, 0.5) is 4.39 Å². The lowest BCUT2D eigenvalue weighted by Crippen LogP contribution is -2.67. The van der Waals surface area contributed by atoms with Crippen molar-refractivity contribution in [2.24, 2.45) is 5.73 Å². The molecule has 1 heterocycles. The number of carbonyl (C=O) groups is 2. The lowest BCUT2D eigenvalue weighted by Gasteiger charge is -2.43. The maximum absolute atomic E-state index is 13.0. The molecule has 1 saturated heterocycles. The maximum Gasteiger partial charge on any atom is 0.341 e. The molecule has 2 rings (SSSR count). The molecule has 0 saturated carbocycles. The van der Waals surface area contributed by atoms with E-state index in [4.69, 9.17) is 15.2 Å². The van der Waals surface area contributed by atoms with Gasteiger partial charge in [0, 0.05) is 32.7 Å². The fourth-order valence-electron chi connectivity index (χ4n) is 3.24. The number of esters is 2. The van der Waals surface area contributed by atoms with Crippen molar-refractivity contribution in [2.75, 3.05) is 33.3 Å². The number of carbonyl (C=O) groups excluding carboxylic acids is 2. The molecule has 156 valence electrons. The Hall–Kier alpha value is -2.03. The van der Waals surface area contributed by atoms with Gasteiger partial charge >= 0.3 is 11.9 Å². The van der Waals surface area contributed by atoms with E-state index in [9.17, 15) is 14.0 Å². The Morgan fingerprint density at radius 2 is 1.68 bits per heavy atom. The van der Waals surface area contributed by atoms with E-state index in [1.807, 2.05) is 0 Å². The summed E-state index contributed by atoms with van der Waals surface area (Å²) in [4.78, 5) is 28.6. The summed E-state index contributed by atoms with van der Waals surface area (Å²) in [5.74, 6) is -1.47. The standard InChI is InChI=1S/C20H30FN3O4/c1-19(2,3)28-17(25)13-20(22,18(26)27-4)24-11-9-23(10-12-24)14-15-5-7-16(21)8-6-15/h5-8H,9-14,22H2,1-4H3. The minimum atomic E-state index is -1.57. The van der Waals surface area contributed by atoms with E-state index in [-0.39, 0.29) is 12.2 Å². The third-order valence-electron chi connectivity index (χ3n) is 4.63. The number of ether oxygens (including phenoxy) is 2. The van der Waals surface area contributed by atoms with Crippen LogP contribution in [0.2, 0.25) is 0 Å². The van der Waals surface area contributed by atoms with Gasteiger partial charge in [0.1, 0.15) is 11.4 Å². The summed E-state index contributed by atoms with van der Waals surface area (Å²) in [5.41, 5.74) is 5.13. The average Bonchev–Trinajstić information content (AvgIpc) is 2.61. The monoisotopic (exact) mass is 395 g/mol. The number of methoxy groups -OCH3 is 1. The van der Waals surface area contributed by atoms with Crippen LogP contribution >= 0.6 is 0 Å². The molecule has 2 N–H and O–H groups in total. The number of hydrogen-bond acceptors (Lipinski definition) is 7. The van der Waals surface area contributed by atoms with E-state index in [1.54, 1.807) is 37.8 Å². The Balaban J connectivity index is 2.00. The first-order valence-corrected chi connectivity index (χ1v) is 9.34. The number of piperazine rings is 1. The van der Waals surface area contributed by atoms with Crippen LogP contribution in [-0.2, 0) is 25.6 Å². The van der Waals surface area contributed by atoms with Gasteiger partial charge in [0.15, 0.2) is 5.66 Å². The Morgan fingerprint density at radius 3 is 2.18 bits per heavy atom. The van der Waals surface area contributed by atoms with Crippen molar-refractivity contribution in [3.8, 4) is 0 Å². The normalized spacial score (nSPS) is 18.4. The highest BCUT2D eigenvalue weighted by molar-refractivity contribution is 5.86. The average molecular weight is 395 g/mol. The Labute approximate surface area is 165 Å². The summed E-state index contributed by atoms with van der Waals surface area (Å²) >= 11 is 0. The van der Waals surface area contributed by atoms with E-state index < -0.39 is 23.2 Å². The first-order chi connectivity index (χ1) is 13.0. The topological polar surface area (TPSA) is 85.1 Å². The van der Waals surface area contributed by atoms with Gasteiger partial charge in [0.25, 0.3) is 0 Å². The van der Waals surface area contributed by atoms with Gasteiger partial charge in [-0.2, -0.15) is 0 Å². The van der Waals surface area contributed by atoms with Gasteiger partial charge in [-0.15, -0.1) is 0 Å². The van der Waals surface area contributed by atoms with Crippen LogP contribution in [0.25, 0.3) is 0 Å². The molecule has 7 nitrogen and oxygen atoms in total. The van der Waals surface area contributed by atoms with Crippen LogP contribution in [0, 0.1) is 5.82 Å². The molecule has 0 bridgehead atoms. The van der Waals surface area contributed by atoms with Crippen molar-refractivity contribution in [1.29, 1.82) is 0 Å². The zero-order valence-corrected chi connectivity index (χ0v) is 17.0. The van der Waals surface area contributed by atoms with Crippen molar-refractivity contribution in [2.45, 2.75) is 45.0 Å². The third-order valence-corrected chi connectivity index (χ3v) is 4.63. The molecule has 1 atom stereocenters. The molecule has 0 amide bonds. The van der Waals surface area contributed by atoms with E-state index >= 15 is 0 Å². The van der Waals surface area contributed by atoms with E-state index in [2.05, 4.69) is 4.90 Å². The first kappa shape index (κ1) is 22.3. The van der Waals surface area contributed by atoms with E-state index in [0.29, 0.717) is 32.7 Å². The highest BCUT2D eigenvalue weighted by atomic mass is 19.1. The predicted octanol–water partition coefficient (Wildman–Crippen LogP) is 1.50. The smallest absolute Gasteiger partial charge is 0.341 e. The number of nitrogens with two attached hydrogens (primary N) is 1. The van der Waals surface area contributed by atoms with Crippen LogP contribution in [-0.4, -0.2) is 66.3 Å². The SMILES string of the molecule is COC(=O)C(N)(CC(=O)OC(C)(C)C)N1CCN(Cc2ccc(F)cc2)CC1. The lowest BCUT2D eigenvalue weighted by molar-refractivity contribution is -0.169. The molecule has 0 radical (unpaired) electrons. The van der Waals surface area contributed by atoms with Gasteiger partial charge in [-0.1, -0.05) is 12.1 Å². The number of nitrogens with zero attached hydrogens (tertiary/aromatic N) is 2. The molecule has 0 aliphatic carbocycles. The van der Waals surface area contributed by atoms with Gasteiger partial charge in [0.2, 0.25) is 0 Å². The largest absolute Gasteiger partial charge is 0.467 e. The molecular weight excluding hydrogens is 365 g/mol. The van der Waals surface area contributed by atoms with Gasteiger partial charge in [-0.05, 0) is 38.5 Å². The molecule has 1 aromatic carbocycles. The van der Waals surface area contributed by atoms with Crippen molar-refractivity contribution in [3.63, 3.8) is 0 Å². The maximum atomic E-state index is 13.0. The van der Waals surface area contributed by atoms with Crippen LogP contribution in [0.15, 0.2) is 24.3 Å². The zero-order valence-electron chi connectivity index (χ0n) is 17.0. The van der Waals surface area contributed by atoms with E-state index in [0.717, 1.165) is 5.56 Å². The quantitative estimate of drug-likeness (QED) is 0.731. The second-order valence-corrected chi connectivity index (χ2v) is 8.07. The van der Waals surface area contributed by atoms with Crippen molar-refractivity contribution in [3.05, 3.63) is 35.6 Å². The number of benzene rings is 1. The van der Waals surface area contributed by atoms with E-state index in [1.165, 1.54) is 19.2 Å². The predicted molar refractivity (Wildman–Crippen MR) is 103 cm³/mol. The minimum absolute atomic E-state index is 0.262. The summed E-state index contributed by atoms with van der Waals surface area (Å²) in [6.07, 6.45) is -0.283.